The van der Waals surface area contributed by atoms with Gasteiger partial charge in [-0.15, -0.1) is 0 Å². The van der Waals surface area contributed by atoms with Gasteiger partial charge in [0.1, 0.15) is 10.8 Å². The van der Waals surface area contributed by atoms with Crippen LogP contribution in [-0.2, 0) is 10.3 Å². The van der Waals surface area contributed by atoms with Crippen molar-refractivity contribution in [2.45, 2.75) is 45.1 Å². The molecule has 0 aliphatic heterocycles. The molecule has 2 rings (SSSR count). The van der Waals surface area contributed by atoms with Gasteiger partial charge in [0.15, 0.2) is 5.82 Å². The first kappa shape index (κ1) is 13.5. The van der Waals surface area contributed by atoms with Gasteiger partial charge in [0, 0.05) is 12.5 Å². The lowest BCUT2D eigenvalue weighted by Gasteiger charge is -2.24. The van der Waals surface area contributed by atoms with E-state index in [1.807, 2.05) is 20.8 Å². The van der Waals surface area contributed by atoms with Crippen molar-refractivity contribution in [3.8, 4) is 0 Å². The molecule has 0 N–H and O–H groups in total. The second-order valence-electron chi connectivity index (χ2n) is 4.75. The van der Waals surface area contributed by atoms with Crippen LogP contribution in [0.2, 0.25) is 5.15 Å². The average Bonchev–Trinajstić information content (AvgIpc) is 3.05. The van der Waals surface area contributed by atoms with Crippen LogP contribution in [0.5, 0.6) is 0 Å². The highest BCUT2D eigenvalue weighted by Gasteiger charge is 2.32. The van der Waals surface area contributed by atoms with Gasteiger partial charge in [-0.2, -0.15) is 0 Å². The molecule has 0 unspecified atom stereocenters. The van der Waals surface area contributed by atoms with Crippen molar-refractivity contribution in [1.29, 1.82) is 0 Å². The van der Waals surface area contributed by atoms with E-state index in [4.69, 9.17) is 16.3 Å². The summed E-state index contributed by atoms with van der Waals surface area (Å²) in [6.07, 6.45) is 2.41. The molecule has 17 heavy (non-hydrogen) atoms. The van der Waals surface area contributed by atoms with Gasteiger partial charge in [-0.25, -0.2) is 9.97 Å². The minimum atomic E-state index is -0.480. The van der Waals surface area contributed by atoms with Crippen molar-refractivity contribution in [2.75, 3.05) is 6.61 Å². The molecule has 0 atom stereocenters. The first-order valence-corrected chi connectivity index (χ1v) is 7.28. The minimum absolute atomic E-state index is 0.480. The average molecular weight is 367 g/mol. The fourth-order valence-electron chi connectivity index (χ4n) is 1.76. The Kier molecular flexibility index (Phi) is 3.95. The Bertz CT molecular complexity index is 433. The molecule has 1 aromatic rings. The van der Waals surface area contributed by atoms with Crippen molar-refractivity contribution >= 4 is 34.2 Å². The molecule has 1 fully saturated rings. The maximum atomic E-state index is 6.18. The molecule has 3 nitrogen and oxygen atoms in total. The van der Waals surface area contributed by atoms with Crippen molar-refractivity contribution in [3.05, 3.63) is 20.2 Å². The van der Waals surface area contributed by atoms with E-state index in [9.17, 15) is 0 Å². The van der Waals surface area contributed by atoms with Crippen LogP contribution in [0.3, 0.4) is 0 Å². The second-order valence-corrected chi connectivity index (χ2v) is 6.19. The number of hydrogen-bond acceptors (Lipinski definition) is 3. The van der Waals surface area contributed by atoms with Gasteiger partial charge >= 0.3 is 0 Å². The van der Waals surface area contributed by atoms with Crippen LogP contribution in [0, 0.1) is 3.57 Å². The number of ether oxygens (including phenoxy) is 1. The molecule has 1 saturated carbocycles. The molecule has 0 radical (unpaired) electrons. The van der Waals surface area contributed by atoms with Gasteiger partial charge in [-0.3, -0.25) is 0 Å². The van der Waals surface area contributed by atoms with Gasteiger partial charge in [-0.1, -0.05) is 11.6 Å². The van der Waals surface area contributed by atoms with E-state index in [-0.39, 0.29) is 0 Å². The smallest absolute Gasteiger partial charge is 0.161 e. The summed E-state index contributed by atoms with van der Waals surface area (Å²) in [6.45, 7) is 6.56. The first-order chi connectivity index (χ1) is 7.95. The molecular formula is C12H16ClIN2O. The van der Waals surface area contributed by atoms with Crippen molar-refractivity contribution in [3.63, 3.8) is 0 Å². The van der Waals surface area contributed by atoms with E-state index in [1.54, 1.807) is 0 Å². The summed E-state index contributed by atoms with van der Waals surface area (Å²) in [6, 6.07) is 0. The van der Waals surface area contributed by atoms with E-state index >= 15 is 0 Å². The summed E-state index contributed by atoms with van der Waals surface area (Å²) < 4.78 is 6.67. The highest BCUT2D eigenvalue weighted by molar-refractivity contribution is 14.1. The Morgan fingerprint density at radius 1 is 1.41 bits per heavy atom. The molecule has 5 heteroatoms. The van der Waals surface area contributed by atoms with E-state index in [1.165, 1.54) is 12.8 Å². The van der Waals surface area contributed by atoms with Crippen molar-refractivity contribution in [1.82, 2.24) is 9.97 Å². The van der Waals surface area contributed by atoms with Crippen molar-refractivity contribution < 1.29 is 4.74 Å². The number of hydrogen-bond donors (Lipinski definition) is 0. The number of rotatable bonds is 4. The SMILES string of the molecule is CCOC(C)(C)c1nc(Cl)c(I)c(C2CC2)n1. The molecule has 1 aromatic heterocycles. The number of halogens is 2. The lowest BCUT2D eigenvalue weighted by atomic mass is 10.1. The Hall–Kier alpha value is 0.0600. The van der Waals surface area contributed by atoms with Crippen LogP contribution < -0.4 is 0 Å². The molecular weight excluding hydrogens is 351 g/mol. The molecule has 1 aliphatic rings. The highest BCUT2D eigenvalue weighted by atomic mass is 127. The second kappa shape index (κ2) is 4.97. The molecule has 1 heterocycles. The van der Waals surface area contributed by atoms with Gasteiger partial charge in [-0.05, 0) is 56.2 Å². The highest BCUT2D eigenvalue weighted by Crippen LogP contribution is 2.42. The molecule has 0 aromatic carbocycles. The third-order valence-corrected chi connectivity index (χ3v) is 4.50. The predicted molar refractivity (Wildman–Crippen MR) is 76.4 cm³/mol. The fourth-order valence-corrected chi connectivity index (χ4v) is 2.62. The predicted octanol–water partition coefficient (Wildman–Crippen LogP) is 3.88. The van der Waals surface area contributed by atoms with Crippen LogP contribution in [0.25, 0.3) is 0 Å². The lowest BCUT2D eigenvalue weighted by molar-refractivity contribution is -0.0209. The quantitative estimate of drug-likeness (QED) is 0.599. The van der Waals surface area contributed by atoms with E-state index in [0.717, 1.165) is 9.26 Å². The number of nitrogens with zero attached hydrogens (tertiary/aromatic N) is 2. The lowest BCUT2D eigenvalue weighted by Crippen LogP contribution is -2.25. The third-order valence-electron chi connectivity index (χ3n) is 2.84. The zero-order valence-corrected chi connectivity index (χ0v) is 13.2. The normalized spacial score (nSPS) is 16.3. The maximum Gasteiger partial charge on any atom is 0.161 e. The molecule has 1 aliphatic carbocycles. The molecule has 0 spiro atoms. The van der Waals surface area contributed by atoms with Gasteiger partial charge < -0.3 is 4.74 Å². The summed E-state index contributed by atoms with van der Waals surface area (Å²) in [5.74, 6) is 1.25. The summed E-state index contributed by atoms with van der Waals surface area (Å²) in [7, 11) is 0. The standard InChI is InChI=1S/C12H16ClIN2O/c1-4-17-12(2,3)11-15-9(7-5-6-7)8(14)10(13)16-11/h7H,4-6H2,1-3H3. The molecule has 0 saturated heterocycles. The molecule has 0 bridgehead atoms. The zero-order chi connectivity index (χ0) is 12.6. The topological polar surface area (TPSA) is 35.0 Å². The zero-order valence-electron chi connectivity index (χ0n) is 10.3. The largest absolute Gasteiger partial charge is 0.368 e. The summed E-state index contributed by atoms with van der Waals surface area (Å²) in [4.78, 5) is 9.01. The monoisotopic (exact) mass is 366 g/mol. The minimum Gasteiger partial charge on any atom is -0.368 e. The van der Waals surface area contributed by atoms with Crippen LogP contribution in [-0.4, -0.2) is 16.6 Å². The van der Waals surface area contributed by atoms with Crippen molar-refractivity contribution in [2.24, 2.45) is 0 Å². The first-order valence-electron chi connectivity index (χ1n) is 5.83. The number of aromatic nitrogens is 2. The van der Waals surface area contributed by atoms with Crippen LogP contribution >= 0.6 is 34.2 Å². The maximum absolute atomic E-state index is 6.18. The third kappa shape index (κ3) is 2.90. The summed E-state index contributed by atoms with van der Waals surface area (Å²) in [5, 5.41) is 0.547. The Morgan fingerprint density at radius 3 is 2.59 bits per heavy atom. The van der Waals surface area contributed by atoms with Crippen LogP contribution in [0.15, 0.2) is 0 Å². The van der Waals surface area contributed by atoms with E-state index in [2.05, 4.69) is 32.6 Å². The summed E-state index contributed by atoms with van der Waals surface area (Å²) >= 11 is 8.41. The fraction of sp³-hybridized carbons (Fsp3) is 0.667. The Morgan fingerprint density at radius 2 is 2.06 bits per heavy atom. The summed E-state index contributed by atoms with van der Waals surface area (Å²) in [5.41, 5.74) is 0.611. The van der Waals surface area contributed by atoms with E-state index < -0.39 is 5.60 Å². The van der Waals surface area contributed by atoms with Gasteiger partial charge in [0.2, 0.25) is 0 Å². The molecule has 94 valence electrons. The Balaban J connectivity index is 2.41. The van der Waals surface area contributed by atoms with E-state index in [0.29, 0.717) is 23.5 Å². The Labute approximate surface area is 120 Å². The molecule has 0 amide bonds. The van der Waals surface area contributed by atoms with Gasteiger partial charge in [0.05, 0.1) is 9.26 Å². The van der Waals surface area contributed by atoms with Crippen LogP contribution in [0.1, 0.15) is 51.0 Å². The van der Waals surface area contributed by atoms with Gasteiger partial charge in [0.25, 0.3) is 0 Å². The van der Waals surface area contributed by atoms with Crippen LogP contribution in [0.4, 0.5) is 0 Å².